The lowest BCUT2D eigenvalue weighted by Gasteiger charge is -2.06. The summed E-state index contributed by atoms with van der Waals surface area (Å²) in [6.45, 7) is 0. The molecule has 0 aliphatic rings. The van der Waals surface area contributed by atoms with Crippen LogP contribution in [0, 0.1) is 0 Å². The van der Waals surface area contributed by atoms with Gasteiger partial charge in [0.15, 0.2) is 0 Å². The van der Waals surface area contributed by atoms with Gasteiger partial charge >= 0.3 is 16.4 Å². The van der Waals surface area contributed by atoms with Gasteiger partial charge in [0, 0.05) is 18.3 Å². The molecule has 1 aromatic heterocycles. The van der Waals surface area contributed by atoms with Crippen molar-refractivity contribution >= 4 is 10.2 Å². The van der Waals surface area contributed by atoms with Crippen LogP contribution >= 0.6 is 0 Å². The summed E-state index contributed by atoms with van der Waals surface area (Å²) in [6, 6.07) is 1.79. The summed E-state index contributed by atoms with van der Waals surface area (Å²) >= 11 is 0. The van der Waals surface area contributed by atoms with Crippen LogP contribution in [-0.4, -0.2) is 19.2 Å². The molecule has 0 N–H and O–H groups in total. The van der Waals surface area contributed by atoms with Crippen molar-refractivity contribution in [2.75, 3.05) is 5.75 Å². The van der Waals surface area contributed by atoms with Crippen LogP contribution in [0.5, 0.6) is 0 Å². The van der Waals surface area contributed by atoms with Gasteiger partial charge in [-0.2, -0.15) is 21.6 Å². The Balaban J connectivity index is 2.73. The largest absolute Gasteiger partial charge is 0.417 e. The fourth-order valence-electron chi connectivity index (χ4n) is 0.967. The summed E-state index contributed by atoms with van der Waals surface area (Å²) in [5.74, 6) is -0.786. The van der Waals surface area contributed by atoms with Gasteiger partial charge in [0.25, 0.3) is 0 Å². The second-order valence-corrected chi connectivity index (χ2v) is 4.51. The lowest BCUT2D eigenvalue weighted by atomic mass is 10.2. The van der Waals surface area contributed by atoms with E-state index in [0.717, 1.165) is 12.1 Å². The van der Waals surface area contributed by atoms with E-state index >= 15 is 0 Å². The number of rotatable bonds is 3. The van der Waals surface area contributed by atoms with E-state index in [2.05, 4.69) is 4.98 Å². The monoisotopic (exact) mass is 257 g/mol. The van der Waals surface area contributed by atoms with Gasteiger partial charge in [-0.3, -0.25) is 4.98 Å². The van der Waals surface area contributed by atoms with Crippen LogP contribution in [0.3, 0.4) is 0 Å². The summed E-state index contributed by atoms with van der Waals surface area (Å²) < 4.78 is 68.7. The van der Waals surface area contributed by atoms with Crippen molar-refractivity contribution in [1.29, 1.82) is 0 Å². The number of halogens is 4. The van der Waals surface area contributed by atoms with Gasteiger partial charge in [-0.25, -0.2) is 0 Å². The number of aryl methyl sites for hydroxylation is 1. The molecule has 1 aromatic rings. The molecule has 3 nitrogen and oxygen atoms in total. The average molecular weight is 257 g/mol. The summed E-state index contributed by atoms with van der Waals surface area (Å²) in [7, 11) is -4.62. The highest BCUT2D eigenvalue weighted by molar-refractivity contribution is 7.86. The molecule has 0 unspecified atom stereocenters. The van der Waals surface area contributed by atoms with E-state index in [1.54, 1.807) is 0 Å². The Morgan fingerprint density at radius 3 is 2.25 bits per heavy atom. The summed E-state index contributed by atoms with van der Waals surface area (Å²) in [5, 5.41) is 0. The predicted octanol–water partition coefficient (Wildman–Crippen LogP) is 1.94. The minimum absolute atomic E-state index is 0.0919. The van der Waals surface area contributed by atoms with E-state index < -0.39 is 27.7 Å². The van der Waals surface area contributed by atoms with Crippen molar-refractivity contribution in [2.24, 2.45) is 0 Å². The molecule has 1 heterocycles. The molecule has 0 radical (unpaired) electrons. The van der Waals surface area contributed by atoms with Gasteiger partial charge in [0.1, 0.15) is 0 Å². The van der Waals surface area contributed by atoms with Crippen molar-refractivity contribution in [3.63, 3.8) is 0 Å². The standard InChI is InChI=1S/C8H7F4NO2S/c9-8(10,11)6-1-2-7(13-5-6)3-4-16(12,14)15/h1-2,5H,3-4H2. The Bertz CT molecular complexity index is 452. The van der Waals surface area contributed by atoms with Gasteiger partial charge in [-0.1, -0.05) is 0 Å². The number of nitrogens with zero attached hydrogens (tertiary/aromatic N) is 1. The van der Waals surface area contributed by atoms with Crippen molar-refractivity contribution in [3.8, 4) is 0 Å². The molecular formula is C8H7F4NO2S. The predicted molar refractivity (Wildman–Crippen MR) is 47.8 cm³/mol. The van der Waals surface area contributed by atoms with Crippen molar-refractivity contribution in [1.82, 2.24) is 4.98 Å². The minimum atomic E-state index is -4.62. The van der Waals surface area contributed by atoms with Crippen LogP contribution in [-0.2, 0) is 22.8 Å². The quantitative estimate of drug-likeness (QED) is 0.614. The van der Waals surface area contributed by atoms with E-state index in [4.69, 9.17) is 0 Å². The zero-order chi connectivity index (χ0) is 12.4. The molecule has 0 aliphatic heterocycles. The van der Waals surface area contributed by atoms with E-state index in [1.807, 2.05) is 0 Å². The maximum atomic E-state index is 12.1. The molecule has 0 spiro atoms. The lowest BCUT2D eigenvalue weighted by molar-refractivity contribution is -0.137. The van der Waals surface area contributed by atoms with Crippen molar-refractivity contribution < 1.29 is 25.5 Å². The molecule has 90 valence electrons. The van der Waals surface area contributed by atoms with Crippen LogP contribution < -0.4 is 0 Å². The summed E-state index contributed by atoms with van der Waals surface area (Å²) in [6.07, 6.45) is -4.16. The average Bonchev–Trinajstić information content (AvgIpc) is 2.13. The Hall–Kier alpha value is -1.18. The molecule has 16 heavy (non-hydrogen) atoms. The smallest absolute Gasteiger partial charge is 0.261 e. The maximum Gasteiger partial charge on any atom is 0.417 e. The lowest BCUT2D eigenvalue weighted by Crippen LogP contribution is -2.07. The first-order valence-electron chi connectivity index (χ1n) is 4.13. The first-order chi connectivity index (χ1) is 7.18. The number of hydrogen-bond acceptors (Lipinski definition) is 3. The van der Waals surface area contributed by atoms with Crippen LogP contribution in [0.4, 0.5) is 17.1 Å². The Labute approximate surface area is 89.3 Å². The first kappa shape index (κ1) is 12.9. The third-order valence-electron chi connectivity index (χ3n) is 1.75. The molecule has 1 rings (SSSR count). The van der Waals surface area contributed by atoms with E-state index in [0.29, 0.717) is 6.20 Å². The topological polar surface area (TPSA) is 47.0 Å². The fourth-order valence-corrected chi connectivity index (χ4v) is 1.42. The van der Waals surface area contributed by atoms with Gasteiger partial charge in [-0.15, -0.1) is 3.89 Å². The Kier molecular flexibility index (Phi) is 3.51. The molecular weight excluding hydrogens is 250 g/mol. The third-order valence-corrected chi connectivity index (χ3v) is 2.45. The molecule has 0 amide bonds. The van der Waals surface area contributed by atoms with Crippen molar-refractivity contribution in [2.45, 2.75) is 12.6 Å². The van der Waals surface area contributed by atoms with Crippen LogP contribution in [0.15, 0.2) is 18.3 Å². The summed E-state index contributed by atoms with van der Waals surface area (Å²) in [5.41, 5.74) is -0.839. The zero-order valence-electron chi connectivity index (χ0n) is 7.83. The molecule has 0 bridgehead atoms. The molecule has 0 atom stereocenters. The van der Waals surface area contributed by atoms with Crippen LogP contribution in [0.25, 0.3) is 0 Å². The number of hydrogen-bond donors (Lipinski definition) is 0. The number of alkyl halides is 3. The van der Waals surface area contributed by atoms with Gasteiger partial charge in [-0.05, 0) is 12.1 Å². The number of pyridine rings is 1. The molecule has 8 heteroatoms. The molecule has 0 aliphatic carbocycles. The molecule has 0 aromatic carbocycles. The molecule has 0 fully saturated rings. The van der Waals surface area contributed by atoms with E-state index in [1.165, 1.54) is 0 Å². The number of aromatic nitrogens is 1. The van der Waals surface area contributed by atoms with Gasteiger partial charge < -0.3 is 0 Å². The summed E-state index contributed by atoms with van der Waals surface area (Å²) in [4.78, 5) is 3.40. The second kappa shape index (κ2) is 4.36. The van der Waals surface area contributed by atoms with E-state index in [9.17, 15) is 25.5 Å². The highest BCUT2D eigenvalue weighted by Crippen LogP contribution is 2.28. The normalized spacial score (nSPS) is 12.8. The van der Waals surface area contributed by atoms with Crippen molar-refractivity contribution in [3.05, 3.63) is 29.6 Å². The Morgan fingerprint density at radius 1 is 1.25 bits per heavy atom. The van der Waals surface area contributed by atoms with E-state index in [-0.39, 0.29) is 12.1 Å². The van der Waals surface area contributed by atoms with Gasteiger partial charge in [0.2, 0.25) is 0 Å². The maximum absolute atomic E-state index is 12.1. The van der Waals surface area contributed by atoms with Gasteiger partial charge in [0.05, 0.1) is 11.3 Å². The molecule has 0 saturated carbocycles. The third kappa shape index (κ3) is 4.13. The molecule has 0 saturated heterocycles. The highest BCUT2D eigenvalue weighted by Gasteiger charge is 2.30. The second-order valence-electron chi connectivity index (χ2n) is 3.03. The Morgan fingerprint density at radius 2 is 1.88 bits per heavy atom. The van der Waals surface area contributed by atoms with Crippen LogP contribution in [0.2, 0.25) is 0 Å². The highest BCUT2D eigenvalue weighted by atomic mass is 32.3. The first-order valence-corrected chi connectivity index (χ1v) is 5.68. The minimum Gasteiger partial charge on any atom is -0.261 e. The fraction of sp³-hybridized carbons (Fsp3) is 0.375. The SMILES string of the molecule is O=S(=O)(F)CCc1ccc(C(F)(F)F)cn1. The van der Waals surface area contributed by atoms with Crippen LogP contribution in [0.1, 0.15) is 11.3 Å². The zero-order valence-corrected chi connectivity index (χ0v) is 8.65.